The van der Waals surface area contributed by atoms with Gasteiger partial charge in [0.05, 0.1) is 26.2 Å². The summed E-state index contributed by atoms with van der Waals surface area (Å²) in [5, 5.41) is 0.773. The molecule has 4 heteroatoms. The first-order chi connectivity index (χ1) is 5.29. The quantitative estimate of drug-likeness (QED) is 0.680. The Morgan fingerprint density at radius 2 is 2.09 bits per heavy atom. The van der Waals surface area contributed by atoms with Crippen molar-refractivity contribution in [2.24, 2.45) is 0 Å². The van der Waals surface area contributed by atoms with Crippen molar-refractivity contribution in [1.82, 2.24) is 2.98 Å². The van der Waals surface area contributed by atoms with Crippen LogP contribution in [-0.2, 0) is 0 Å². The summed E-state index contributed by atoms with van der Waals surface area (Å²) in [5.74, 6) is 0. The maximum atomic E-state index is 11.3. The van der Waals surface area contributed by atoms with Crippen molar-refractivity contribution < 1.29 is 0 Å². The normalized spacial score (nSPS) is 10.6. The predicted octanol–water partition coefficient (Wildman–Crippen LogP) is 2.22. The van der Waals surface area contributed by atoms with Gasteiger partial charge in [0.1, 0.15) is 0 Å². The maximum Gasteiger partial charge on any atom is 0.278 e. The highest BCUT2D eigenvalue weighted by Crippen LogP contribution is 2.16. The number of rotatable bonds is 0. The largest absolute Gasteiger partial charge is 0.278 e. The standard InChI is InChI=1S/C7H4BrNOS/c8-9-7(10)5-3-1-2-4-6(5)11-9/h1-4H. The van der Waals surface area contributed by atoms with E-state index in [1.807, 2.05) is 24.3 Å². The second-order valence-corrected chi connectivity index (χ2v) is 4.30. The highest BCUT2D eigenvalue weighted by molar-refractivity contribution is 9.08. The van der Waals surface area contributed by atoms with E-state index in [-0.39, 0.29) is 5.56 Å². The van der Waals surface area contributed by atoms with Gasteiger partial charge in [-0.1, -0.05) is 12.1 Å². The molecule has 0 aliphatic carbocycles. The SMILES string of the molecule is O=c1c2ccccc2sn1Br. The fraction of sp³-hybridized carbons (Fsp3) is 0. The zero-order chi connectivity index (χ0) is 7.84. The Kier molecular flexibility index (Phi) is 1.58. The molecule has 0 fully saturated rings. The van der Waals surface area contributed by atoms with Gasteiger partial charge in [-0.2, -0.15) is 2.98 Å². The molecule has 0 unspecified atom stereocenters. The number of hydrogen-bond acceptors (Lipinski definition) is 2. The third kappa shape index (κ3) is 1.02. The molecule has 0 atom stereocenters. The topological polar surface area (TPSA) is 22.0 Å². The molecule has 0 amide bonds. The van der Waals surface area contributed by atoms with E-state index in [1.54, 1.807) is 0 Å². The molecule has 1 heterocycles. The zero-order valence-corrected chi connectivity index (χ0v) is 7.85. The Balaban J connectivity index is 3.04. The van der Waals surface area contributed by atoms with Crippen molar-refractivity contribution in [3.8, 4) is 0 Å². The Labute approximate surface area is 75.6 Å². The molecule has 0 spiro atoms. The summed E-state index contributed by atoms with van der Waals surface area (Å²) < 4.78 is 2.46. The molecule has 2 nitrogen and oxygen atoms in total. The number of nitrogens with zero attached hydrogens (tertiary/aromatic N) is 1. The monoisotopic (exact) mass is 229 g/mol. The fourth-order valence-electron chi connectivity index (χ4n) is 0.945. The van der Waals surface area contributed by atoms with Gasteiger partial charge >= 0.3 is 0 Å². The lowest BCUT2D eigenvalue weighted by Gasteiger charge is -1.79. The molecule has 1 aromatic heterocycles. The van der Waals surface area contributed by atoms with Crippen LogP contribution in [0.2, 0.25) is 0 Å². The van der Waals surface area contributed by atoms with Crippen molar-refractivity contribution >= 4 is 37.8 Å². The van der Waals surface area contributed by atoms with E-state index in [0.717, 1.165) is 10.1 Å². The van der Waals surface area contributed by atoms with Crippen molar-refractivity contribution in [2.45, 2.75) is 0 Å². The van der Waals surface area contributed by atoms with E-state index in [4.69, 9.17) is 0 Å². The highest BCUT2D eigenvalue weighted by Gasteiger charge is 2.02. The van der Waals surface area contributed by atoms with E-state index in [9.17, 15) is 4.79 Å². The first-order valence-corrected chi connectivity index (χ1v) is 4.54. The second kappa shape index (κ2) is 2.46. The van der Waals surface area contributed by atoms with Gasteiger partial charge in [0.25, 0.3) is 5.56 Å². The van der Waals surface area contributed by atoms with Crippen LogP contribution in [-0.4, -0.2) is 2.98 Å². The zero-order valence-electron chi connectivity index (χ0n) is 5.45. The molecule has 0 saturated heterocycles. The van der Waals surface area contributed by atoms with Crippen molar-refractivity contribution in [3.05, 3.63) is 34.6 Å². The Hall–Kier alpha value is -0.610. The molecule has 56 valence electrons. The first kappa shape index (κ1) is 7.06. The van der Waals surface area contributed by atoms with Gasteiger partial charge in [-0.05, 0) is 23.7 Å². The van der Waals surface area contributed by atoms with E-state index in [1.165, 1.54) is 14.5 Å². The Morgan fingerprint density at radius 1 is 1.36 bits per heavy atom. The fourth-order valence-corrected chi connectivity index (χ4v) is 2.35. The number of halogens is 1. The molecule has 0 aliphatic heterocycles. The summed E-state index contributed by atoms with van der Waals surface area (Å²) in [4.78, 5) is 11.3. The minimum Gasteiger partial charge on any atom is -0.267 e. The van der Waals surface area contributed by atoms with Crippen LogP contribution in [0.3, 0.4) is 0 Å². The van der Waals surface area contributed by atoms with Gasteiger partial charge in [0, 0.05) is 0 Å². The van der Waals surface area contributed by atoms with Crippen LogP contribution < -0.4 is 5.56 Å². The van der Waals surface area contributed by atoms with Crippen LogP contribution in [0.25, 0.3) is 10.1 Å². The molecule has 0 aliphatic rings. The van der Waals surface area contributed by atoms with E-state index >= 15 is 0 Å². The molecular weight excluding hydrogens is 226 g/mol. The van der Waals surface area contributed by atoms with Crippen LogP contribution >= 0.6 is 27.7 Å². The number of hydrogen-bond donors (Lipinski definition) is 0. The maximum absolute atomic E-state index is 11.3. The summed E-state index contributed by atoms with van der Waals surface area (Å²) in [6.07, 6.45) is 0. The molecule has 0 bridgehead atoms. The molecule has 2 aromatic rings. The van der Waals surface area contributed by atoms with Gasteiger partial charge in [-0.15, -0.1) is 0 Å². The lowest BCUT2D eigenvalue weighted by Crippen LogP contribution is -2.02. The molecule has 0 radical (unpaired) electrons. The smallest absolute Gasteiger partial charge is 0.267 e. The van der Waals surface area contributed by atoms with Crippen molar-refractivity contribution in [3.63, 3.8) is 0 Å². The van der Waals surface area contributed by atoms with Crippen LogP contribution in [0.1, 0.15) is 0 Å². The van der Waals surface area contributed by atoms with E-state index in [2.05, 4.69) is 16.1 Å². The first-order valence-electron chi connectivity index (χ1n) is 3.06. The summed E-state index contributed by atoms with van der Waals surface area (Å²) in [6.45, 7) is 0. The summed E-state index contributed by atoms with van der Waals surface area (Å²) in [6, 6.07) is 7.54. The number of aromatic nitrogens is 1. The van der Waals surface area contributed by atoms with E-state index in [0.29, 0.717) is 0 Å². The van der Waals surface area contributed by atoms with Gasteiger partial charge in [0.15, 0.2) is 0 Å². The van der Waals surface area contributed by atoms with Crippen molar-refractivity contribution in [2.75, 3.05) is 0 Å². The minimum absolute atomic E-state index is 0.0191. The molecule has 0 N–H and O–H groups in total. The van der Waals surface area contributed by atoms with Crippen LogP contribution in [0.15, 0.2) is 29.1 Å². The summed E-state index contributed by atoms with van der Waals surface area (Å²) in [5.41, 5.74) is 0.0191. The average Bonchev–Trinajstić information content (AvgIpc) is 2.30. The summed E-state index contributed by atoms with van der Waals surface area (Å²) >= 11 is 4.53. The molecule has 1 aromatic carbocycles. The highest BCUT2D eigenvalue weighted by atomic mass is 79.9. The van der Waals surface area contributed by atoms with Gasteiger partial charge in [-0.3, -0.25) is 4.79 Å². The van der Waals surface area contributed by atoms with Crippen molar-refractivity contribution in [1.29, 1.82) is 0 Å². The average molecular weight is 230 g/mol. The lowest BCUT2D eigenvalue weighted by atomic mass is 10.3. The second-order valence-electron chi connectivity index (χ2n) is 2.14. The minimum atomic E-state index is 0.0191. The van der Waals surface area contributed by atoms with Crippen LogP contribution in [0.4, 0.5) is 0 Å². The number of benzene rings is 1. The predicted molar refractivity (Wildman–Crippen MR) is 50.4 cm³/mol. The van der Waals surface area contributed by atoms with Gasteiger partial charge in [0.2, 0.25) is 0 Å². The molecule has 11 heavy (non-hydrogen) atoms. The van der Waals surface area contributed by atoms with Gasteiger partial charge in [-0.25, -0.2) is 0 Å². The third-order valence-corrected chi connectivity index (χ3v) is 3.09. The lowest BCUT2D eigenvalue weighted by molar-refractivity contribution is 1.39. The van der Waals surface area contributed by atoms with Crippen LogP contribution in [0, 0.1) is 0 Å². The number of fused-ring (bicyclic) bond motifs is 1. The van der Waals surface area contributed by atoms with Crippen LogP contribution in [0.5, 0.6) is 0 Å². The summed E-state index contributed by atoms with van der Waals surface area (Å²) in [7, 11) is 0. The Morgan fingerprint density at radius 3 is 2.82 bits per heavy atom. The van der Waals surface area contributed by atoms with E-state index < -0.39 is 0 Å². The van der Waals surface area contributed by atoms with Gasteiger partial charge < -0.3 is 0 Å². The Bertz CT molecular complexity index is 445. The molecular formula is C7H4BrNOS. The molecule has 2 rings (SSSR count). The molecule has 0 saturated carbocycles. The third-order valence-electron chi connectivity index (χ3n) is 1.46.